The van der Waals surface area contributed by atoms with E-state index in [1.807, 2.05) is 12.4 Å². The third-order valence-electron chi connectivity index (χ3n) is 4.20. The monoisotopic (exact) mass is 420 g/mol. The van der Waals surface area contributed by atoms with Crippen LogP contribution in [0.3, 0.4) is 0 Å². The van der Waals surface area contributed by atoms with Crippen molar-refractivity contribution < 1.29 is 31.6 Å². The minimum atomic E-state index is -0.528. The highest BCUT2D eigenvalue weighted by Crippen LogP contribution is 2.18. The van der Waals surface area contributed by atoms with Gasteiger partial charge in [-0.15, -0.1) is 0 Å². The predicted octanol–water partition coefficient (Wildman–Crippen LogP) is -0.818. The van der Waals surface area contributed by atoms with E-state index in [1.54, 1.807) is 36.6 Å². The molecule has 0 fully saturated rings. The van der Waals surface area contributed by atoms with Gasteiger partial charge in [-0.25, -0.2) is 14.8 Å². The lowest BCUT2D eigenvalue weighted by atomic mass is 10.2. The van der Waals surface area contributed by atoms with Gasteiger partial charge in [0.25, 0.3) is 0 Å². The fraction of sp³-hybridized carbons (Fsp3) is 0.263. The number of nitrogen functional groups attached to an aromatic ring is 1. The number of thiazole rings is 1. The third-order valence-corrected chi connectivity index (χ3v) is 5.35. The van der Waals surface area contributed by atoms with E-state index in [-0.39, 0.29) is 30.3 Å². The highest BCUT2D eigenvalue weighted by Gasteiger charge is 2.18. The van der Waals surface area contributed by atoms with Crippen LogP contribution in [0.1, 0.15) is 32.3 Å². The number of halogens is 1. The van der Waals surface area contributed by atoms with E-state index in [2.05, 4.69) is 14.5 Å². The summed E-state index contributed by atoms with van der Waals surface area (Å²) in [6, 6.07) is 6.34. The molecule has 0 spiro atoms. The van der Waals surface area contributed by atoms with Crippen molar-refractivity contribution in [3.8, 4) is 5.75 Å². The first-order chi connectivity index (χ1) is 13.0. The number of para-hydroxylation sites is 1. The zero-order chi connectivity index (χ0) is 19.4. The maximum atomic E-state index is 12.0. The Kier molecular flexibility index (Phi) is 7.31. The van der Waals surface area contributed by atoms with Gasteiger partial charge in [-0.3, -0.25) is 0 Å². The number of phenols is 1. The van der Waals surface area contributed by atoms with Gasteiger partial charge in [-0.1, -0.05) is 23.5 Å². The Morgan fingerprint density at radius 2 is 2.07 bits per heavy atom. The predicted molar refractivity (Wildman–Crippen MR) is 102 cm³/mol. The van der Waals surface area contributed by atoms with E-state index in [9.17, 15) is 9.90 Å². The normalized spacial score (nSPS) is 10.4. The van der Waals surface area contributed by atoms with E-state index in [0.717, 1.165) is 16.1 Å². The van der Waals surface area contributed by atoms with Crippen molar-refractivity contribution >= 4 is 23.1 Å². The molecule has 3 N–H and O–H groups in total. The summed E-state index contributed by atoms with van der Waals surface area (Å²) in [6.07, 6.45) is 2.35. The molecule has 148 valence electrons. The van der Waals surface area contributed by atoms with Crippen molar-refractivity contribution in [2.24, 2.45) is 0 Å². The van der Waals surface area contributed by atoms with Crippen LogP contribution in [-0.4, -0.2) is 27.7 Å². The Labute approximate surface area is 173 Å². The molecule has 2 aromatic heterocycles. The zero-order valence-electron chi connectivity index (χ0n) is 15.6. The van der Waals surface area contributed by atoms with Gasteiger partial charge in [0.05, 0.1) is 17.0 Å². The van der Waals surface area contributed by atoms with Crippen molar-refractivity contribution in [2.75, 3.05) is 12.3 Å². The van der Waals surface area contributed by atoms with Crippen LogP contribution in [0.15, 0.2) is 36.0 Å². The summed E-state index contributed by atoms with van der Waals surface area (Å²) in [5.74, 6) is 0.527. The summed E-state index contributed by atoms with van der Waals surface area (Å²) in [6.45, 7) is 4.65. The van der Waals surface area contributed by atoms with Crippen molar-refractivity contribution in [2.45, 2.75) is 26.8 Å². The van der Waals surface area contributed by atoms with E-state index in [0.29, 0.717) is 24.6 Å². The minimum Gasteiger partial charge on any atom is -1.00 e. The molecular formula is C19H21ClN4O3S. The molecule has 0 atom stereocenters. The number of hydrogen-bond acceptors (Lipinski definition) is 7. The number of nitrogens with two attached hydrogens (primary N) is 1. The third kappa shape index (κ3) is 4.96. The van der Waals surface area contributed by atoms with E-state index in [1.165, 1.54) is 12.1 Å². The molecule has 2 heterocycles. The van der Waals surface area contributed by atoms with Crippen LogP contribution >= 0.6 is 11.3 Å². The standard InChI is InChI=1S/C19H20N4O3S.ClH/c1-12-17(7-8-26-19(25)15-5-3-4-6-16(15)24)27-11-23(12)10-14-9-21-13(2)22-18(14)20;/h3-6,9,11H,7-8,10H2,1-2H3,(H2-,20,21,22,24,25);1H. The molecule has 28 heavy (non-hydrogen) atoms. The molecule has 9 heteroatoms. The Morgan fingerprint density at radius 3 is 2.79 bits per heavy atom. The lowest BCUT2D eigenvalue weighted by molar-refractivity contribution is -0.689. The lowest BCUT2D eigenvalue weighted by Gasteiger charge is -2.05. The van der Waals surface area contributed by atoms with Crippen LogP contribution in [-0.2, 0) is 17.7 Å². The largest absolute Gasteiger partial charge is 1.00 e. The number of carbonyl (C=O) groups is 1. The summed E-state index contributed by atoms with van der Waals surface area (Å²) in [5, 5.41) is 9.70. The Hall–Kier alpha value is -2.71. The minimum absolute atomic E-state index is 0. The van der Waals surface area contributed by atoms with Crippen LogP contribution in [0.2, 0.25) is 0 Å². The molecule has 0 amide bonds. The molecule has 0 unspecified atom stereocenters. The molecule has 3 rings (SSSR count). The zero-order valence-corrected chi connectivity index (χ0v) is 17.1. The summed E-state index contributed by atoms with van der Waals surface area (Å²) in [4.78, 5) is 21.5. The number of carbonyl (C=O) groups excluding carboxylic acids is 1. The molecule has 0 radical (unpaired) electrons. The number of anilines is 1. The fourth-order valence-electron chi connectivity index (χ4n) is 2.63. The first-order valence-corrected chi connectivity index (χ1v) is 9.33. The number of esters is 1. The Morgan fingerprint density at radius 1 is 1.32 bits per heavy atom. The maximum absolute atomic E-state index is 12.0. The quantitative estimate of drug-likeness (QED) is 0.399. The second-order valence-electron chi connectivity index (χ2n) is 6.09. The Bertz CT molecular complexity index is 978. The number of aromatic hydroxyl groups is 1. The number of hydrogen-bond donors (Lipinski definition) is 2. The molecule has 0 aliphatic rings. The molecule has 0 aliphatic heterocycles. The van der Waals surface area contributed by atoms with Crippen LogP contribution in [0, 0.1) is 13.8 Å². The van der Waals surface area contributed by atoms with Gasteiger partial charge in [-0.2, -0.15) is 4.57 Å². The van der Waals surface area contributed by atoms with Crippen molar-refractivity contribution in [3.63, 3.8) is 0 Å². The summed E-state index contributed by atoms with van der Waals surface area (Å²) >= 11 is 1.60. The van der Waals surface area contributed by atoms with Crippen LogP contribution < -0.4 is 22.7 Å². The molecule has 0 aliphatic carbocycles. The SMILES string of the molecule is Cc1ncc(C[n+]2csc(CCOC(=O)c3ccccc3O)c2C)c(N)n1.[Cl-]. The van der Waals surface area contributed by atoms with Gasteiger partial charge in [0.2, 0.25) is 5.51 Å². The topological polar surface area (TPSA) is 102 Å². The van der Waals surface area contributed by atoms with Crippen molar-refractivity contribution in [1.29, 1.82) is 0 Å². The Balaban J connectivity index is 0.00000280. The summed E-state index contributed by atoms with van der Waals surface area (Å²) in [7, 11) is 0. The van der Waals surface area contributed by atoms with Gasteiger partial charge >= 0.3 is 5.97 Å². The van der Waals surface area contributed by atoms with E-state index >= 15 is 0 Å². The van der Waals surface area contributed by atoms with Crippen molar-refractivity contribution in [3.05, 3.63) is 63.5 Å². The number of nitrogens with zero attached hydrogens (tertiary/aromatic N) is 3. The number of aryl methyl sites for hydroxylation is 1. The second-order valence-corrected chi connectivity index (χ2v) is 7.03. The molecule has 1 aromatic carbocycles. The fourth-order valence-corrected chi connectivity index (χ4v) is 3.60. The van der Waals surface area contributed by atoms with Gasteiger partial charge in [0, 0.05) is 19.5 Å². The van der Waals surface area contributed by atoms with Crippen LogP contribution in [0.5, 0.6) is 5.75 Å². The molecule has 0 bridgehead atoms. The summed E-state index contributed by atoms with van der Waals surface area (Å²) < 4.78 is 7.36. The van der Waals surface area contributed by atoms with Gasteiger partial charge in [0.15, 0.2) is 12.2 Å². The number of rotatable bonds is 6. The highest BCUT2D eigenvalue weighted by atomic mass is 35.5. The van der Waals surface area contributed by atoms with Gasteiger partial charge in [-0.05, 0) is 19.1 Å². The molecule has 0 saturated heterocycles. The molecule has 7 nitrogen and oxygen atoms in total. The number of benzene rings is 1. The van der Waals surface area contributed by atoms with E-state index < -0.39 is 5.97 Å². The number of phenolic OH excluding ortho intramolecular Hbond substituents is 1. The average Bonchev–Trinajstić information content (AvgIpc) is 2.98. The highest BCUT2D eigenvalue weighted by molar-refractivity contribution is 7.09. The number of ether oxygens (including phenoxy) is 1. The first kappa shape index (κ1) is 21.6. The van der Waals surface area contributed by atoms with Gasteiger partial charge < -0.3 is 28.0 Å². The van der Waals surface area contributed by atoms with Crippen molar-refractivity contribution in [1.82, 2.24) is 9.97 Å². The van der Waals surface area contributed by atoms with Gasteiger partial charge in [0.1, 0.15) is 23.0 Å². The summed E-state index contributed by atoms with van der Waals surface area (Å²) in [5.41, 5.74) is 10.1. The second kappa shape index (κ2) is 9.48. The smallest absolute Gasteiger partial charge is 0.341 e. The van der Waals surface area contributed by atoms with E-state index in [4.69, 9.17) is 10.5 Å². The average molecular weight is 421 g/mol. The molecule has 3 aromatic rings. The first-order valence-electron chi connectivity index (χ1n) is 8.45. The van der Waals surface area contributed by atoms with Crippen LogP contribution in [0.25, 0.3) is 0 Å². The lowest BCUT2D eigenvalue weighted by Crippen LogP contribution is -3.00. The van der Waals surface area contributed by atoms with Crippen LogP contribution in [0.4, 0.5) is 5.82 Å². The molecular weight excluding hydrogens is 400 g/mol. The number of aromatic nitrogens is 3. The maximum Gasteiger partial charge on any atom is 0.341 e. The molecule has 0 saturated carbocycles.